The molecule has 2 unspecified atom stereocenters. The maximum atomic E-state index is 13.0. The van der Waals surface area contributed by atoms with Crippen LogP contribution in [0, 0.1) is 5.82 Å². The lowest BCUT2D eigenvalue weighted by Gasteiger charge is -2.25. The van der Waals surface area contributed by atoms with Crippen molar-refractivity contribution in [2.75, 3.05) is 14.2 Å². The lowest BCUT2D eigenvalue weighted by atomic mass is 10.00. The molecule has 0 heterocycles. The van der Waals surface area contributed by atoms with Gasteiger partial charge in [-0.05, 0) is 37.6 Å². The molecule has 4 heteroatoms. The van der Waals surface area contributed by atoms with Gasteiger partial charge in [0.1, 0.15) is 5.82 Å². The molecule has 1 rings (SSSR count). The zero-order valence-corrected chi connectivity index (χ0v) is 12.1. The van der Waals surface area contributed by atoms with Crippen LogP contribution >= 0.6 is 15.9 Å². The molecular weight excluding hydrogens is 285 g/mol. The zero-order valence-electron chi connectivity index (χ0n) is 10.5. The average molecular weight is 304 g/mol. The fourth-order valence-corrected chi connectivity index (χ4v) is 2.47. The Bertz CT molecular complexity index is 355. The lowest BCUT2D eigenvalue weighted by Crippen LogP contribution is -2.40. The van der Waals surface area contributed by atoms with Crippen LogP contribution in [0.1, 0.15) is 18.9 Å². The predicted molar refractivity (Wildman–Crippen MR) is 71.7 cm³/mol. The van der Waals surface area contributed by atoms with E-state index in [4.69, 9.17) is 4.74 Å². The summed E-state index contributed by atoms with van der Waals surface area (Å²) >= 11 is 3.39. The Hall–Kier alpha value is -0.450. The second-order valence-electron chi connectivity index (χ2n) is 4.02. The highest BCUT2D eigenvalue weighted by molar-refractivity contribution is 9.10. The molecular formula is C13H19BrFNO. The van der Waals surface area contributed by atoms with Crippen LogP contribution in [0.2, 0.25) is 0 Å². The van der Waals surface area contributed by atoms with Crippen molar-refractivity contribution in [2.24, 2.45) is 0 Å². The molecule has 1 N–H and O–H groups in total. The maximum absolute atomic E-state index is 13.0. The molecule has 2 nitrogen and oxygen atoms in total. The normalized spacial score (nSPS) is 14.6. The Morgan fingerprint density at radius 2 is 2.18 bits per heavy atom. The summed E-state index contributed by atoms with van der Waals surface area (Å²) in [5.74, 6) is -0.222. The Labute approximate surface area is 111 Å². The molecule has 17 heavy (non-hydrogen) atoms. The molecule has 0 aliphatic heterocycles. The van der Waals surface area contributed by atoms with Crippen LogP contribution < -0.4 is 5.32 Å². The summed E-state index contributed by atoms with van der Waals surface area (Å²) in [5.41, 5.74) is 1.08. The minimum atomic E-state index is -0.222. The number of methoxy groups -OCH3 is 1. The smallest absolute Gasteiger partial charge is 0.124 e. The van der Waals surface area contributed by atoms with Crippen molar-refractivity contribution in [3.8, 4) is 0 Å². The summed E-state index contributed by atoms with van der Waals surface area (Å²) in [7, 11) is 3.64. The number of hydrogen-bond acceptors (Lipinski definition) is 2. The Morgan fingerprint density at radius 3 is 2.65 bits per heavy atom. The highest BCUT2D eigenvalue weighted by Crippen LogP contribution is 2.21. The summed E-state index contributed by atoms with van der Waals surface area (Å²) in [6, 6.07) is 5.02. The monoisotopic (exact) mass is 303 g/mol. The van der Waals surface area contributed by atoms with Gasteiger partial charge in [-0.2, -0.15) is 0 Å². The molecule has 1 aromatic carbocycles. The second kappa shape index (κ2) is 7.09. The van der Waals surface area contributed by atoms with E-state index in [0.29, 0.717) is 0 Å². The SMILES string of the molecule is CCC(OC)C(Cc1ccc(F)cc1Br)NC. The summed E-state index contributed by atoms with van der Waals surface area (Å²) in [6.07, 6.45) is 1.92. The van der Waals surface area contributed by atoms with E-state index in [0.717, 1.165) is 22.9 Å². The van der Waals surface area contributed by atoms with E-state index in [1.54, 1.807) is 7.11 Å². The number of ether oxygens (including phenoxy) is 1. The van der Waals surface area contributed by atoms with Crippen LogP contribution in [0.5, 0.6) is 0 Å². The van der Waals surface area contributed by atoms with Crippen LogP contribution in [-0.4, -0.2) is 26.3 Å². The van der Waals surface area contributed by atoms with E-state index >= 15 is 0 Å². The number of likely N-dealkylation sites (N-methyl/N-ethyl adjacent to an activating group) is 1. The molecule has 0 bridgehead atoms. The molecule has 2 atom stereocenters. The third kappa shape index (κ3) is 4.05. The first kappa shape index (κ1) is 14.6. The van der Waals surface area contributed by atoms with Gasteiger partial charge in [0, 0.05) is 17.6 Å². The molecule has 0 saturated carbocycles. The fourth-order valence-electron chi connectivity index (χ4n) is 1.96. The summed E-state index contributed by atoms with van der Waals surface area (Å²) in [6.45, 7) is 2.10. The molecule has 0 radical (unpaired) electrons. The number of halogens is 2. The topological polar surface area (TPSA) is 21.3 Å². The van der Waals surface area contributed by atoms with Crippen molar-refractivity contribution < 1.29 is 9.13 Å². The van der Waals surface area contributed by atoms with Crippen LogP contribution in [0.15, 0.2) is 22.7 Å². The minimum absolute atomic E-state index is 0.164. The van der Waals surface area contributed by atoms with Crippen LogP contribution in [0.3, 0.4) is 0 Å². The van der Waals surface area contributed by atoms with Gasteiger partial charge >= 0.3 is 0 Å². The highest BCUT2D eigenvalue weighted by Gasteiger charge is 2.19. The number of rotatable bonds is 6. The van der Waals surface area contributed by atoms with Crippen LogP contribution in [0.4, 0.5) is 4.39 Å². The van der Waals surface area contributed by atoms with E-state index in [-0.39, 0.29) is 18.0 Å². The quantitative estimate of drug-likeness (QED) is 0.872. The average Bonchev–Trinajstić information content (AvgIpc) is 2.32. The summed E-state index contributed by atoms with van der Waals surface area (Å²) in [5, 5.41) is 3.25. The Kier molecular flexibility index (Phi) is 6.09. The van der Waals surface area contributed by atoms with Gasteiger partial charge in [-0.3, -0.25) is 0 Å². The van der Waals surface area contributed by atoms with Crippen molar-refractivity contribution >= 4 is 15.9 Å². The number of benzene rings is 1. The number of nitrogens with one attached hydrogen (secondary N) is 1. The van der Waals surface area contributed by atoms with Gasteiger partial charge in [-0.1, -0.05) is 28.9 Å². The van der Waals surface area contributed by atoms with Gasteiger partial charge < -0.3 is 10.1 Å². The third-order valence-electron chi connectivity index (χ3n) is 2.98. The molecule has 96 valence electrons. The van der Waals surface area contributed by atoms with Gasteiger partial charge in [-0.15, -0.1) is 0 Å². The Balaban J connectivity index is 2.80. The maximum Gasteiger partial charge on any atom is 0.124 e. The van der Waals surface area contributed by atoms with Crippen molar-refractivity contribution in [2.45, 2.75) is 31.9 Å². The van der Waals surface area contributed by atoms with Crippen molar-refractivity contribution in [1.29, 1.82) is 0 Å². The fraction of sp³-hybridized carbons (Fsp3) is 0.538. The van der Waals surface area contributed by atoms with Crippen LogP contribution in [-0.2, 0) is 11.2 Å². The zero-order chi connectivity index (χ0) is 12.8. The van der Waals surface area contributed by atoms with Crippen molar-refractivity contribution in [1.82, 2.24) is 5.32 Å². The summed E-state index contributed by atoms with van der Waals surface area (Å²) < 4.78 is 19.2. The largest absolute Gasteiger partial charge is 0.380 e. The minimum Gasteiger partial charge on any atom is -0.380 e. The van der Waals surface area contributed by atoms with Crippen molar-refractivity contribution in [3.05, 3.63) is 34.1 Å². The van der Waals surface area contributed by atoms with Gasteiger partial charge in [-0.25, -0.2) is 4.39 Å². The van der Waals surface area contributed by atoms with E-state index < -0.39 is 0 Å². The third-order valence-corrected chi connectivity index (χ3v) is 3.72. The van der Waals surface area contributed by atoms with Gasteiger partial charge in [0.05, 0.1) is 6.10 Å². The van der Waals surface area contributed by atoms with E-state index in [9.17, 15) is 4.39 Å². The summed E-state index contributed by atoms with van der Waals surface area (Å²) in [4.78, 5) is 0. The van der Waals surface area contributed by atoms with E-state index in [1.165, 1.54) is 12.1 Å². The molecule has 0 aliphatic rings. The molecule has 0 saturated heterocycles. The first-order chi connectivity index (χ1) is 8.12. The van der Waals surface area contributed by atoms with Crippen LogP contribution in [0.25, 0.3) is 0 Å². The molecule has 0 fully saturated rings. The van der Waals surface area contributed by atoms with E-state index in [1.807, 2.05) is 13.1 Å². The first-order valence-corrected chi connectivity index (χ1v) is 6.55. The Morgan fingerprint density at radius 1 is 1.47 bits per heavy atom. The predicted octanol–water partition coefficient (Wildman–Crippen LogP) is 3.14. The number of hydrogen-bond donors (Lipinski definition) is 1. The highest BCUT2D eigenvalue weighted by atomic mass is 79.9. The standard InChI is InChI=1S/C13H19BrFNO/c1-4-13(17-3)12(16-2)7-9-5-6-10(15)8-11(9)14/h5-6,8,12-13,16H,4,7H2,1-3H3. The molecule has 1 aromatic rings. The molecule has 0 aliphatic carbocycles. The first-order valence-electron chi connectivity index (χ1n) is 5.76. The van der Waals surface area contributed by atoms with Gasteiger partial charge in [0.25, 0.3) is 0 Å². The molecule has 0 spiro atoms. The van der Waals surface area contributed by atoms with Gasteiger partial charge in [0.15, 0.2) is 0 Å². The van der Waals surface area contributed by atoms with E-state index in [2.05, 4.69) is 28.2 Å². The lowest BCUT2D eigenvalue weighted by molar-refractivity contribution is 0.0677. The molecule has 0 aromatic heterocycles. The van der Waals surface area contributed by atoms with Crippen molar-refractivity contribution in [3.63, 3.8) is 0 Å². The second-order valence-corrected chi connectivity index (χ2v) is 4.87. The molecule has 0 amide bonds. The van der Waals surface area contributed by atoms with Gasteiger partial charge in [0.2, 0.25) is 0 Å².